The van der Waals surface area contributed by atoms with E-state index in [1.807, 2.05) is 5.32 Å². The number of carboxylic acid groups (broad SMARTS) is 1. The quantitative estimate of drug-likeness (QED) is 0.778. The third-order valence-electron chi connectivity index (χ3n) is 3.40. The van der Waals surface area contributed by atoms with E-state index < -0.39 is 40.7 Å². The van der Waals surface area contributed by atoms with Gasteiger partial charge in [0.1, 0.15) is 11.5 Å². The topological polar surface area (TPSA) is 93.3 Å². The Morgan fingerprint density at radius 3 is 2.42 bits per heavy atom. The second kappa shape index (κ2) is 6.83. The Labute approximate surface area is 147 Å². The summed E-state index contributed by atoms with van der Waals surface area (Å²) in [5.74, 6) is -1.15. The van der Waals surface area contributed by atoms with Crippen molar-refractivity contribution >= 4 is 17.7 Å². The summed E-state index contributed by atoms with van der Waals surface area (Å²) in [5, 5.41) is 10.4. The standard InChI is InChI=1S/C14H10ClF4N3O4/c1-21-10(14(17,18)19)4-11(23)22(13(21)26)9-2-6(5-20-12(24)25)7(15)3-8(9)16/h2-4,20H,5H2,1H3,(H,24,25). The van der Waals surface area contributed by atoms with Crippen molar-refractivity contribution in [1.82, 2.24) is 14.5 Å². The first-order valence-electron chi connectivity index (χ1n) is 6.79. The smallest absolute Gasteiger partial charge is 0.431 e. The van der Waals surface area contributed by atoms with E-state index in [0.717, 1.165) is 19.2 Å². The zero-order chi connectivity index (χ0) is 19.8. The van der Waals surface area contributed by atoms with E-state index in [1.165, 1.54) is 0 Å². The molecule has 0 saturated carbocycles. The average Bonchev–Trinajstić information content (AvgIpc) is 2.50. The molecular weight excluding hydrogens is 386 g/mol. The maximum atomic E-state index is 14.2. The molecule has 1 amide bonds. The maximum Gasteiger partial charge on any atom is 0.431 e. The van der Waals surface area contributed by atoms with Crippen LogP contribution in [0.2, 0.25) is 5.02 Å². The van der Waals surface area contributed by atoms with Crippen LogP contribution in [0.3, 0.4) is 0 Å². The third-order valence-corrected chi connectivity index (χ3v) is 3.75. The number of nitrogens with zero attached hydrogens (tertiary/aromatic N) is 2. The van der Waals surface area contributed by atoms with Gasteiger partial charge in [0.05, 0.1) is 5.69 Å². The second-order valence-electron chi connectivity index (χ2n) is 5.10. The molecule has 0 bridgehead atoms. The molecule has 26 heavy (non-hydrogen) atoms. The summed E-state index contributed by atoms with van der Waals surface area (Å²) in [6.45, 7) is -0.378. The molecule has 1 aromatic carbocycles. The Hall–Kier alpha value is -2.82. The number of benzene rings is 1. The summed E-state index contributed by atoms with van der Waals surface area (Å²) in [6, 6.07) is 1.79. The van der Waals surface area contributed by atoms with Gasteiger partial charge >= 0.3 is 18.0 Å². The van der Waals surface area contributed by atoms with Crippen LogP contribution in [-0.4, -0.2) is 20.3 Å². The fraction of sp³-hybridized carbons (Fsp3) is 0.214. The van der Waals surface area contributed by atoms with Crippen molar-refractivity contribution in [1.29, 1.82) is 0 Å². The van der Waals surface area contributed by atoms with Crippen LogP contribution in [0.15, 0.2) is 27.8 Å². The van der Waals surface area contributed by atoms with Crippen molar-refractivity contribution in [2.45, 2.75) is 12.7 Å². The molecule has 0 atom stereocenters. The molecule has 0 spiro atoms. The minimum absolute atomic E-state index is 0.0133. The number of aromatic nitrogens is 2. The van der Waals surface area contributed by atoms with Crippen LogP contribution in [0, 0.1) is 5.82 Å². The largest absolute Gasteiger partial charge is 0.465 e. The first-order chi connectivity index (χ1) is 11.9. The molecule has 0 radical (unpaired) electrons. The molecular formula is C14H10ClF4N3O4. The van der Waals surface area contributed by atoms with Crippen LogP contribution in [0.25, 0.3) is 5.69 Å². The fourth-order valence-electron chi connectivity index (χ4n) is 2.18. The molecule has 140 valence electrons. The van der Waals surface area contributed by atoms with Gasteiger partial charge in [0.15, 0.2) is 0 Å². The first-order valence-corrected chi connectivity index (χ1v) is 7.16. The van der Waals surface area contributed by atoms with Gasteiger partial charge in [0.2, 0.25) is 0 Å². The van der Waals surface area contributed by atoms with Gasteiger partial charge in [-0.15, -0.1) is 0 Å². The summed E-state index contributed by atoms with van der Waals surface area (Å²) < 4.78 is 53.1. The average molecular weight is 396 g/mol. The van der Waals surface area contributed by atoms with Gasteiger partial charge in [-0.2, -0.15) is 13.2 Å². The van der Waals surface area contributed by atoms with E-state index >= 15 is 0 Å². The molecule has 2 N–H and O–H groups in total. The van der Waals surface area contributed by atoms with Crippen molar-refractivity contribution < 1.29 is 27.5 Å². The van der Waals surface area contributed by atoms with Gasteiger partial charge in [-0.1, -0.05) is 11.6 Å². The van der Waals surface area contributed by atoms with Crippen molar-refractivity contribution in [2.75, 3.05) is 0 Å². The van der Waals surface area contributed by atoms with E-state index in [1.54, 1.807) is 0 Å². The molecule has 0 aliphatic carbocycles. The SMILES string of the molecule is Cn1c(C(F)(F)F)cc(=O)n(-c2cc(CNC(=O)O)c(Cl)cc2F)c1=O. The number of rotatable bonds is 3. The van der Waals surface area contributed by atoms with Gasteiger partial charge in [-0.25, -0.2) is 18.5 Å². The monoisotopic (exact) mass is 395 g/mol. The molecule has 7 nitrogen and oxygen atoms in total. The second-order valence-corrected chi connectivity index (χ2v) is 5.50. The lowest BCUT2D eigenvalue weighted by Gasteiger charge is -2.15. The van der Waals surface area contributed by atoms with Crippen LogP contribution < -0.4 is 16.6 Å². The Morgan fingerprint density at radius 1 is 1.27 bits per heavy atom. The van der Waals surface area contributed by atoms with Gasteiger partial charge in [-0.05, 0) is 17.7 Å². The summed E-state index contributed by atoms with van der Waals surface area (Å²) in [7, 11) is 0.780. The molecule has 1 aromatic heterocycles. The Balaban J connectivity index is 2.71. The van der Waals surface area contributed by atoms with E-state index in [2.05, 4.69) is 0 Å². The lowest BCUT2D eigenvalue weighted by Crippen LogP contribution is -2.41. The molecule has 12 heteroatoms. The van der Waals surface area contributed by atoms with Gasteiger partial charge in [0, 0.05) is 24.7 Å². The summed E-state index contributed by atoms with van der Waals surface area (Å²) in [6.07, 6.45) is -6.36. The van der Waals surface area contributed by atoms with Crippen molar-refractivity contribution in [2.24, 2.45) is 7.05 Å². The molecule has 2 rings (SSSR count). The van der Waals surface area contributed by atoms with Gasteiger partial charge < -0.3 is 10.4 Å². The zero-order valence-electron chi connectivity index (χ0n) is 12.9. The van der Waals surface area contributed by atoms with Crippen molar-refractivity contribution in [3.63, 3.8) is 0 Å². The molecule has 2 aromatic rings. The number of halogens is 5. The van der Waals surface area contributed by atoms with E-state index in [4.69, 9.17) is 16.7 Å². The van der Waals surface area contributed by atoms with Crippen LogP contribution in [0.4, 0.5) is 22.4 Å². The molecule has 0 aliphatic heterocycles. The van der Waals surface area contributed by atoms with E-state index in [-0.39, 0.29) is 32.3 Å². The van der Waals surface area contributed by atoms with Gasteiger partial charge in [-0.3, -0.25) is 9.36 Å². The highest BCUT2D eigenvalue weighted by molar-refractivity contribution is 6.31. The number of hydrogen-bond acceptors (Lipinski definition) is 3. The van der Waals surface area contributed by atoms with Crippen LogP contribution in [0.1, 0.15) is 11.3 Å². The van der Waals surface area contributed by atoms with Crippen LogP contribution >= 0.6 is 11.6 Å². The third kappa shape index (κ3) is 3.72. The zero-order valence-corrected chi connectivity index (χ0v) is 13.7. The van der Waals surface area contributed by atoms with Crippen LogP contribution in [0.5, 0.6) is 0 Å². The maximum absolute atomic E-state index is 14.2. The lowest BCUT2D eigenvalue weighted by molar-refractivity contribution is -0.144. The Morgan fingerprint density at radius 2 is 1.88 bits per heavy atom. The Kier molecular flexibility index (Phi) is 5.12. The first kappa shape index (κ1) is 19.5. The summed E-state index contributed by atoms with van der Waals surface area (Å²) in [5.41, 5.74) is -4.97. The van der Waals surface area contributed by atoms with Gasteiger partial charge in [0.25, 0.3) is 5.56 Å². The Bertz CT molecular complexity index is 997. The van der Waals surface area contributed by atoms with Crippen molar-refractivity contribution in [3.8, 4) is 5.69 Å². The number of nitrogens with one attached hydrogen (secondary N) is 1. The highest BCUT2D eigenvalue weighted by atomic mass is 35.5. The van der Waals surface area contributed by atoms with E-state index in [0.29, 0.717) is 0 Å². The fourth-order valence-corrected chi connectivity index (χ4v) is 2.40. The summed E-state index contributed by atoms with van der Waals surface area (Å²) in [4.78, 5) is 34.8. The molecule has 0 aliphatic rings. The highest BCUT2D eigenvalue weighted by Gasteiger charge is 2.35. The number of carbonyl (C=O) groups is 1. The predicted molar refractivity (Wildman–Crippen MR) is 82.1 cm³/mol. The molecule has 1 heterocycles. The predicted octanol–water partition coefficient (Wildman–Crippen LogP) is 2.12. The molecule has 0 unspecified atom stereocenters. The lowest BCUT2D eigenvalue weighted by atomic mass is 10.2. The van der Waals surface area contributed by atoms with E-state index in [9.17, 15) is 31.9 Å². The number of alkyl halides is 3. The molecule has 0 fully saturated rings. The number of amides is 1. The minimum Gasteiger partial charge on any atom is -0.465 e. The highest BCUT2D eigenvalue weighted by Crippen LogP contribution is 2.27. The summed E-state index contributed by atoms with van der Waals surface area (Å²) >= 11 is 5.78. The van der Waals surface area contributed by atoms with Crippen molar-refractivity contribution in [3.05, 3.63) is 61.1 Å². The molecule has 0 saturated heterocycles. The normalized spacial score (nSPS) is 11.5. The van der Waals surface area contributed by atoms with Crippen LogP contribution in [-0.2, 0) is 19.8 Å². The number of hydrogen-bond donors (Lipinski definition) is 2. The minimum atomic E-state index is -4.96.